The summed E-state index contributed by atoms with van der Waals surface area (Å²) < 4.78 is 0. The largest absolute Gasteiger partial charge is 0.356 e. The fourth-order valence-electron chi connectivity index (χ4n) is 3.33. The molecular weight excluding hydrogens is 375 g/mol. The van der Waals surface area contributed by atoms with E-state index in [4.69, 9.17) is 0 Å². The smallest absolute Gasteiger partial charge is 0.191 e. The molecule has 0 amide bonds. The van der Waals surface area contributed by atoms with Gasteiger partial charge in [-0.3, -0.25) is 9.89 Å². The Kier molecular flexibility index (Phi) is 9.31. The van der Waals surface area contributed by atoms with Crippen LogP contribution in [0.1, 0.15) is 45.4 Å². The van der Waals surface area contributed by atoms with Crippen molar-refractivity contribution in [2.75, 3.05) is 26.7 Å². The molecule has 1 aliphatic heterocycles. The highest BCUT2D eigenvalue weighted by atomic mass is 127. The van der Waals surface area contributed by atoms with Gasteiger partial charge >= 0.3 is 0 Å². The molecule has 2 fully saturated rings. The van der Waals surface area contributed by atoms with E-state index >= 15 is 0 Å². The fourth-order valence-corrected chi connectivity index (χ4v) is 3.33. The van der Waals surface area contributed by atoms with Gasteiger partial charge in [0.25, 0.3) is 0 Å². The quantitative estimate of drug-likeness (QED) is 0.243. The van der Waals surface area contributed by atoms with Gasteiger partial charge in [-0.15, -0.1) is 24.0 Å². The van der Waals surface area contributed by atoms with Crippen molar-refractivity contribution < 1.29 is 0 Å². The van der Waals surface area contributed by atoms with Crippen molar-refractivity contribution in [3.8, 4) is 0 Å². The van der Waals surface area contributed by atoms with Gasteiger partial charge in [0.15, 0.2) is 5.96 Å². The minimum Gasteiger partial charge on any atom is -0.356 e. The molecular formula is C16H31IN4. The molecule has 2 N–H and O–H groups in total. The monoisotopic (exact) mass is 406 g/mol. The third-order valence-corrected chi connectivity index (χ3v) is 4.46. The standard InChI is InChI=1S/C16H30N4.HI/c1-3-4-7-11-18-16(17-2)19-14-10-12-20(13-14)15-8-5-6-9-15;/h3-4,14-15H,5-13H2,1-2H3,(H2,17,18,19);1H. The minimum absolute atomic E-state index is 0. The Hall–Kier alpha value is -0.300. The second-order valence-corrected chi connectivity index (χ2v) is 5.92. The number of halogens is 1. The number of hydrogen-bond acceptors (Lipinski definition) is 2. The maximum Gasteiger partial charge on any atom is 0.191 e. The molecule has 21 heavy (non-hydrogen) atoms. The Balaban J connectivity index is 0.00000220. The third kappa shape index (κ3) is 6.14. The molecule has 0 spiro atoms. The second kappa shape index (κ2) is 10.4. The lowest BCUT2D eigenvalue weighted by Crippen LogP contribution is -2.45. The first-order chi connectivity index (χ1) is 9.83. The van der Waals surface area contributed by atoms with Gasteiger partial charge in [0.1, 0.15) is 0 Å². The van der Waals surface area contributed by atoms with Crippen LogP contribution in [-0.4, -0.2) is 49.6 Å². The van der Waals surface area contributed by atoms with Crippen molar-refractivity contribution in [1.82, 2.24) is 15.5 Å². The molecule has 4 nitrogen and oxygen atoms in total. The summed E-state index contributed by atoms with van der Waals surface area (Å²) in [6, 6.07) is 1.41. The maximum absolute atomic E-state index is 4.32. The van der Waals surface area contributed by atoms with Crippen molar-refractivity contribution in [1.29, 1.82) is 0 Å². The van der Waals surface area contributed by atoms with E-state index in [0.717, 1.165) is 25.0 Å². The van der Waals surface area contributed by atoms with Gasteiger partial charge in [0.2, 0.25) is 0 Å². The van der Waals surface area contributed by atoms with E-state index in [-0.39, 0.29) is 24.0 Å². The number of nitrogens with zero attached hydrogens (tertiary/aromatic N) is 2. The van der Waals surface area contributed by atoms with E-state index < -0.39 is 0 Å². The predicted molar refractivity (Wildman–Crippen MR) is 102 cm³/mol. The third-order valence-electron chi connectivity index (χ3n) is 4.46. The molecule has 2 rings (SSSR count). The average Bonchev–Trinajstić information content (AvgIpc) is 3.12. The van der Waals surface area contributed by atoms with Crippen LogP contribution in [0.2, 0.25) is 0 Å². The van der Waals surface area contributed by atoms with Gasteiger partial charge in [-0.05, 0) is 32.6 Å². The van der Waals surface area contributed by atoms with Crippen LogP contribution in [0.15, 0.2) is 17.1 Å². The molecule has 0 bridgehead atoms. The van der Waals surface area contributed by atoms with Gasteiger partial charge in [0, 0.05) is 38.8 Å². The van der Waals surface area contributed by atoms with Crippen LogP contribution in [0.5, 0.6) is 0 Å². The zero-order valence-electron chi connectivity index (χ0n) is 13.5. The molecule has 0 radical (unpaired) electrons. The molecule has 1 heterocycles. The van der Waals surface area contributed by atoms with Gasteiger partial charge in [-0.1, -0.05) is 25.0 Å². The maximum atomic E-state index is 4.32. The molecule has 122 valence electrons. The summed E-state index contributed by atoms with van der Waals surface area (Å²) in [6.07, 6.45) is 12.2. The summed E-state index contributed by atoms with van der Waals surface area (Å²) in [7, 11) is 1.86. The van der Waals surface area contributed by atoms with Gasteiger partial charge in [-0.2, -0.15) is 0 Å². The summed E-state index contributed by atoms with van der Waals surface area (Å²) >= 11 is 0. The first-order valence-electron chi connectivity index (χ1n) is 8.16. The Bertz CT molecular complexity index is 337. The van der Waals surface area contributed by atoms with Crippen LogP contribution in [0.25, 0.3) is 0 Å². The Labute approximate surface area is 146 Å². The van der Waals surface area contributed by atoms with Crippen LogP contribution in [-0.2, 0) is 0 Å². The van der Waals surface area contributed by atoms with Gasteiger partial charge in [0.05, 0.1) is 0 Å². The normalized spacial score (nSPS) is 24.5. The Morgan fingerprint density at radius 2 is 2.05 bits per heavy atom. The summed E-state index contributed by atoms with van der Waals surface area (Å²) in [4.78, 5) is 7.00. The summed E-state index contributed by atoms with van der Waals surface area (Å²) in [5.41, 5.74) is 0. The lowest BCUT2D eigenvalue weighted by atomic mass is 10.2. The molecule has 2 aliphatic rings. The van der Waals surface area contributed by atoms with Crippen LogP contribution >= 0.6 is 24.0 Å². The second-order valence-electron chi connectivity index (χ2n) is 5.92. The zero-order chi connectivity index (χ0) is 14.2. The molecule has 0 aromatic rings. The molecule has 0 aromatic carbocycles. The van der Waals surface area contributed by atoms with Crippen LogP contribution in [0.3, 0.4) is 0 Å². The van der Waals surface area contributed by atoms with E-state index in [0.29, 0.717) is 6.04 Å². The highest BCUT2D eigenvalue weighted by Crippen LogP contribution is 2.26. The van der Waals surface area contributed by atoms with Crippen LogP contribution in [0.4, 0.5) is 0 Å². The van der Waals surface area contributed by atoms with E-state index in [1.807, 2.05) is 7.05 Å². The zero-order valence-corrected chi connectivity index (χ0v) is 15.8. The molecule has 1 atom stereocenters. The number of hydrogen-bond donors (Lipinski definition) is 2. The number of rotatable bonds is 5. The fraction of sp³-hybridized carbons (Fsp3) is 0.812. The number of guanidine groups is 1. The topological polar surface area (TPSA) is 39.7 Å². The summed E-state index contributed by atoms with van der Waals surface area (Å²) in [6.45, 7) is 5.43. The van der Waals surface area contributed by atoms with Crippen molar-refractivity contribution in [2.24, 2.45) is 4.99 Å². The summed E-state index contributed by atoms with van der Waals surface area (Å²) in [5.74, 6) is 0.952. The number of likely N-dealkylation sites (tertiary alicyclic amines) is 1. The molecule has 1 aliphatic carbocycles. The van der Waals surface area contributed by atoms with Gasteiger partial charge < -0.3 is 10.6 Å². The van der Waals surface area contributed by atoms with E-state index in [1.165, 1.54) is 45.2 Å². The predicted octanol–water partition coefficient (Wildman–Crippen LogP) is 2.75. The minimum atomic E-state index is 0. The number of nitrogens with one attached hydrogen (secondary N) is 2. The van der Waals surface area contributed by atoms with Crippen molar-refractivity contribution in [2.45, 2.75) is 57.5 Å². The lowest BCUT2D eigenvalue weighted by molar-refractivity contribution is 0.242. The van der Waals surface area contributed by atoms with E-state index in [9.17, 15) is 0 Å². The highest BCUT2D eigenvalue weighted by molar-refractivity contribution is 14.0. The average molecular weight is 406 g/mol. The van der Waals surface area contributed by atoms with Crippen LogP contribution < -0.4 is 10.6 Å². The van der Waals surface area contributed by atoms with Crippen LogP contribution in [0, 0.1) is 0 Å². The van der Waals surface area contributed by atoms with Crippen molar-refractivity contribution >= 4 is 29.9 Å². The molecule has 1 saturated heterocycles. The Morgan fingerprint density at radius 1 is 1.29 bits per heavy atom. The first kappa shape index (κ1) is 18.7. The number of aliphatic imine (C=N–C) groups is 1. The van der Waals surface area contributed by atoms with E-state index in [1.54, 1.807) is 0 Å². The summed E-state index contributed by atoms with van der Waals surface area (Å²) in [5, 5.41) is 6.95. The van der Waals surface area contributed by atoms with Gasteiger partial charge in [-0.25, -0.2) is 0 Å². The number of allylic oxidation sites excluding steroid dienone is 1. The lowest BCUT2D eigenvalue weighted by Gasteiger charge is -2.24. The molecule has 0 aromatic heterocycles. The SMILES string of the molecule is CC=CCCNC(=NC)NC1CCN(C2CCCC2)C1.I. The highest BCUT2D eigenvalue weighted by Gasteiger charge is 2.30. The van der Waals surface area contributed by atoms with Crippen molar-refractivity contribution in [3.63, 3.8) is 0 Å². The van der Waals surface area contributed by atoms with E-state index in [2.05, 4.69) is 39.6 Å². The molecule has 1 saturated carbocycles. The first-order valence-corrected chi connectivity index (χ1v) is 8.16. The Morgan fingerprint density at radius 3 is 2.71 bits per heavy atom. The molecule has 5 heteroatoms. The molecule has 1 unspecified atom stereocenters. The van der Waals surface area contributed by atoms with Crippen molar-refractivity contribution in [3.05, 3.63) is 12.2 Å².